The first-order valence-corrected chi connectivity index (χ1v) is 9.30. The lowest BCUT2D eigenvalue weighted by Crippen LogP contribution is -2.40. The lowest BCUT2D eigenvalue weighted by atomic mass is 9.92. The summed E-state index contributed by atoms with van der Waals surface area (Å²) in [6.45, 7) is 5.08. The van der Waals surface area contributed by atoms with Crippen LogP contribution < -0.4 is 25.4 Å². The molecule has 0 radical (unpaired) electrons. The minimum atomic E-state index is -1.20. The number of imide groups is 1. The number of ether oxygens (including phenoxy) is 2. The van der Waals surface area contributed by atoms with E-state index in [4.69, 9.17) is 9.47 Å². The Morgan fingerprint density at radius 1 is 1.20 bits per heavy atom. The van der Waals surface area contributed by atoms with Crippen molar-refractivity contribution in [2.45, 2.75) is 18.9 Å². The maximum Gasteiger partial charge on any atom is 0.322 e. The molecule has 1 aliphatic heterocycles. The van der Waals surface area contributed by atoms with Gasteiger partial charge in [-0.2, -0.15) is 0 Å². The third kappa shape index (κ3) is 4.43. The van der Waals surface area contributed by atoms with Gasteiger partial charge in [-0.3, -0.25) is 14.9 Å². The van der Waals surface area contributed by atoms with Crippen LogP contribution in [0.5, 0.6) is 11.5 Å². The van der Waals surface area contributed by atoms with E-state index in [0.29, 0.717) is 29.2 Å². The lowest BCUT2D eigenvalue weighted by molar-refractivity contribution is -0.123. The molecule has 30 heavy (non-hydrogen) atoms. The predicted molar refractivity (Wildman–Crippen MR) is 111 cm³/mol. The predicted octanol–water partition coefficient (Wildman–Crippen LogP) is 2.50. The number of benzene rings is 2. The molecule has 8 nitrogen and oxygen atoms in total. The van der Waals surface area contributed by atoms with Crippen molar-refractivity contribution in [3.63, 3.8) is 0 Å². The first-order chi connectivity index (χ1) is 14.4. The Morgan fingerprint density at radius 2 is 2.00 bits per heavy atom. The fourth-order valence-electron chi connectivity index (χ4n) is 3.12. The molecule has 3 rings (SSSR count). The van der Waals surface area contributed by atoms with E-state index in [0.717, 1.165) is 5.56 Å². The fourth-order valence-corrected chi connectivity index (χ4v) is 3.12. The van der Waals surface area contributed by atoms with Crippen molar-refractivity contribution in [3.8, 4) is 11.5 Å². The average molecular weight is 409 g/mol. The molecule has 0 bridgehead atoms. The topological polar surface area (TPSA) is 106 Å². The van der Waals surface area contributed by atoms with Gasteiger partial charge in [-0.05, 0) is 48.7 Å². The number of hydrogen-bond donors (Lipinski definition) is 3. The third-order valence-corrected chi connectivity index (χ3v) is 4.74. The fraction of sp³-hybridized carbons (Fsp3) is 0.227. The Bertz CT molecular complexity index is 1000. The number of amides is 4. The highest BCUT2D eigenvalue weighted by Gasteiger charge is 2.43. The maximum atomic E-state index is 12.3. The standard InChI is InChI=1S/C22H23N3O5/c1-4-6-14-9-10-17(18(11-14)29-3)30-13-19(26)23-16-8-5-7-15(12-16)22(2)20(27)24-21(28)25-22/h4-5,7-12H,1,6,13H2,2-3H3,(H,23,26)(H2,24,25,27,28)/t22-/m0/s1. The second-order valence-electron chi connectivity index (χ2n) is 6.93. The van der Waals surface area contributed by atoms with E-state index in [2.05, 4.69) is 22.5 Å². The summed E-state index contributed by atoms with van der Waals surface area (Å²) in [5.41, 5.74) is 0.843. The van der Waals surface area contributed by atoms with Gasteiger partial charge < -0.3 is 20.1 Å². The molecule has 156 valence electrons. The monoisotopic (exact) mass is 409 g/mol. The van der Waals surface area contributed by atoms with Crippen LogP contribution in [-0.4, -0.2) is 31.6 Å². The average Bonchev–Trinajstić information content (AvgIpc) is 2.99. The Balaban J connectivity index is 1.65. The van der Waals surface area contributed by atoms with Crippen molar-refractivity contribution in [1.29, 1.82) is 0 Å². The second-order valence-corrected chi connectivity index (χ2v) is 6.93. The van der Waals surface area contributed by atoms with Crippen LogP contribution in [0, 0.1) is 0 Å². The minimum Gasteiger partial charge on any atom is -0.493 e. The molecule has 1 fully saturated rings. The molecule has 0 unspecified atom stereocenters. The van der Waals surface area contributed by atoms with E-state index in [1.165, 1.54) is 7.11 Å². The van der Waals surface area contributed by atoms with E-state index >= 15 is 0 Å². The van der Waals surface area contributed by atoms with Gasteiger partial charge in [0.05, 0.1) is 7.11 Å². The molecule has 0 aliphatic carbocycles. The zero-order valence-electron chi connectivity index (χ0n) is 16.8. The van der Waals surface area contributed by atoms with Crippen molar-refractivity contribution in [2.75, 3.05) is 19.0 Å². The Morgan fingerprint density at radius 3 is 2.67 bits per heavy atom. The highest BCUT2D eigenvalue weighted by Crippen LogP contribution is 2.29. The summed E-state index contributed by atoms with van der Waals surface area (Å²) in [5, 5.41) is 7.53. The van der Waals surface area contributed by atoms with Crippen LogP contribution in [0.3, 0.4) is 0 Å². The molecular formula is C22H23N3O5. The number of hydrogen-bond acceptors (Lipinski definition) is 5. The molecule has 2 aromatic carbocycles. The third-order valence-electron chi connectivity index (χ3n) is 4.74. The number of rotatable bonds is 8. The van der Waals surface area contributed by atoms with E-state index < -0.39 is 17.5 Å². The van der Waals surface area contributed by atoms with Crippen molar-refractivity contribution in [3.05, 3.63) is 66.2 Å². The highest BCUT2D eigenvalue weighted by molar-refractivity contribution is 6.07. The van der Waals surface area contributed by atoms with Gasteiger partial charge in [0.1, 0.15) is 5.54 Å². The molecule has 1 aliphatic rings. The number of anilines is 1. The number of urea groups is 1. The van der Waals surface area contributed by atoms with Gasteiger partial charge in [-0.1, -0.05) is 24.3 Å². The van der Waals surface area contributed by atoms with Crippen LogP contribution >= 0.6 is 0 Å². The van der Waals surface area contributed by atoms with Gasteiger partial charge in [0.15, 0.2) is 18.1 Å². The van der Waals surface area contributed by atoms with Crippen LogP contribution in [0.25, 0.3) is 0 Å². The smallest absolute Gasteiger partial charge is 0.322 e. The first kappa shape index (κ1) is 20.9. The van der Waals surface area contributed by atoms with Gasteiger partial charge in [0.25, 0.3) is 11.8 Å². The minimum absolute atomic E-state index is 0.226. The summed E-state index contributed by atoms with van der Waals surface area (Å²) in [7, 11) is 1.53. The number of carbonyl (C=O) groups excluding carboxylic acids is 3. The molecule has 2 aromatic rings. The number of methoxy groups -OCH3 is 1. The van der Waals surface area contributed by atoms with Gasteiger partial charge in [0, 0.05) is 5.69 Å². The highest BCUT2D eigenvalue weighted by atomic mass is 16.5. The lowest BCUT2D eigenvalue weighted by Gasteiger charge is -2.21. The van der Waals surface area contributed by atoms with Crippen molar-refractivity contribution >= 4 is 23.5 Å². The van der Waals surface area contributed by atoms with Crippen LogP contribution in [0.4, 0.5) is 10.5 Å². The molecule has 0 spiro atoms. The SMILES string of the molecule is C=CCc1ccc(OCC(=O)Nc2cccc([C@]3(C)NC(=O)NC3=O)c2)c(OC)c1. The zero-order valence-corrected chi connectivity index (χ0v) is 16.8. The van der Waals surface area contributed by atoms with Crippen LogP contribution in [-0.2, 0) is 21.5 Å². The second kappa shape index (κ2) is 8.69. The number of carbonyl (C=O) groups is 3. The van der Waals surface area contributed by atoms with E-state index in [9.17, 15) is 14.4 Å². The normalized spacial score (nSPS) is 17.7. The number of nitrogens with one attached hydrogen (secondary N) is 3. The molecule has 4 amide bonds. The largest absolute Gasteiger partial charge is 0.493 e. The van der Waals surface area contributed by atoms with Crippen molar-refractivity contribution < 1.29 is 23.9 Å². The molecule has 8 heteroatoms. The molecule has 3 N–H and O–H groups in total. The first-order valence-electron chi connectivity index (χ1n) is 9.30. The van der Waals surface area contributed by atoms with Crippen LogP contribution in [0.15, 0.2) is 55.1 Å². The summed E-state index contributed by atoms with van der Waals surface area (Å²) in [6, 6.07) is 11.6. The summed E-state index contributed by atoms with van der Waals surface area (Å²) < 4.78 is 10.9. The molecule has 1 atom stereocenters. The molecule has 0 saturated carbocycles. The van der Waals surface area contributed by atoms with Crippen molar-refractivity contribution in [1.82, 2.24) is 10.6 Å². The summed E-state index contributed by atoms with van der Waals surface area (Å²) in [6.07, 6.45) is 2.49. The summed E-state index contributed by atoms with van der Waals surface area (Å²) in [4.78, 5) is 35.9. The van der Waals surface area contributed by atoms with Crippen molar-refractivity contribution in [2.24, 2.45) is 0 Å². The maximum absolute atomic E-state index is 12.3. The van der Waals surface area contributed by atoms with Gasteiger partial charge in [-0.25, -0.2) is 4.79 Å². The van der Waals surface area contributed by atoms with Gasteiger partial charge >= 0.3 is 6.03 Å². The van der Waals surface area contributed by atoms with Crippen LogP contribution in [0.1, 0.15) is 18.1 Å². The Kier molecular flexibility index (Phi) is 6.06. The zero-order chi connectivity index (χ0) is 21.7. The molecule has 1 saturated heterocycles. The van der Waals surface area contributed by atoms with Gasteiger partial charge in [-0.15, -0.1) is 6.58 Å². The summed E-state index contributed by atoms with van der Waals surface area (Å²) >= 11 is 0. The van der Waals surface area contributed by atoms with Gasteiger partial charge in [0.2, 0.25) is 0 Å². The Labute approximate surface area is 174 Å². The number of allylic oxidation sites excluding steroid dienone is 1. The molecule has 1 heterocycles. The van der Waals surface area contributed by atoms with E-state index in [1.807, 2.05) is 12.1 Å². The van der Waals surface area contributed by atoms with E-state index in [1.54, 1.807) is 43.3 Å². The quantitative estimate of drug-likeness (QED) is 0.459. The molecule has 0 aromatic heterocycles. The molecular weight excluding hydrogens is 386 g/mol. The van der Waals surface area contributed by atoms with Crippen LogP contribution in [0.2, 0.25) is 0 Å². The Hall–Kier alpha value is -3.81. The van der Waals surface area contributed by atoms with E-state index in [-0.39, 0.29) is 12.5 Å². The summed E-state index contributed by atoms with van der Waals surface area (Å²) in [5.74, 6) is 0.146.